The predicted octanol–water partition coefficient (Wildman–Crippen LogP) is 1.10. The Morgan fingerprint density at radius 2 is 1.95 bits per heavy atom. The normalized spacial score (nSPS) is 15.3. The van der Waals surface area contributed by atoms with Crippen molar-refractivity contribution < 1.29 is 9.15 Å². The van der Waals surface area contributed by atoms with Gasteiger partial charge in [0.05, 0.1) is 13.0 Å². The number of rotatable bonds is 5. The summed E-state index contributed by atoms with van der Waals surface area (Å²) in [7, 11) is 0. The van der Waals surface area contributed by atoms with E-state index < -0.39 is 0 Å². The molecule has 0 atom stereocenters. The molecule has 0 aliphatic carbocycles. The number of para-hydroxylation sites is 1. The molecule has 1 aliphatic heterocycles. The smallest absolute Gasteiger partial charge is 0.318 e. The van der Waals surface area contributed by atoms with Crippen LogP contribution in [0.1, 0.15) is 5.89 Å². The molecular formula is C14H18N4O2. The molecule has 1 N–H and O–H groups in total. The summed E-state index contributed by atoms with van der Waals surface area (Å²) in [6.07, 6.45) is 0.619. The number of anilines is 1. The molecule has 0 radical (unpaired) electrons. The summed E-state index contributed by atoms with van der Waals surface area (Å²) >= 11 is 0. The first kappa shape index (κ1) is 12.9. The van der Waals surface area contributed by atoms with E-state index in [0.717, 1.165) is 31.9 Å². The molecule has 6 heteroatoms. The van der Waals surface area contributed by atoms with Crippen molar-refractivity contribution in [2.45, 2.75) is 6.42 Å². The summed E-state index contributed by atoms with van der Waals surface area (Å²) in [4.78, 5) is 2.10. The average Bonchev–Trinajstić information content (AvgIpc) is 2.98. The van der Waals surface area contributed by atoms with Gasteiger partial charge in [-0.15, -0.1) is 5.10 Å². The number of piperazine rings is 1. The second-order valence-electron chi connectivity index (χ2n) is 4.63. The number of benzene rings is 1. The molecule has 1 aliphatic rings. The number of aromatic nitrogens is 2. The zero-order valence-corrected chi connectivity index (χ0v) is 11.3. The van der Waals surface area contributed by atoms with Crippen molar-refractivity contribution in [2.24, 2.45) is 0 Å². The Balaban J connectivity index is 1.50. The molecule has 1 saturated heterocycles. The Bertz CT molecular complexity index is 523. The van der Waals surface area contributed by atoms with Crippen molar-refractivity contribution in [3.05, 3.63) is 36.2 Å². The van der Waals surface area contributed by atoms with Crippen LogP contribution in [0.3, 0.4) is 0 Å². The van der Waals surface area contributed by atoms with Crippen LogP contribution in [0, 0.1) is 0 Å². The van der Waals surface area contributed by atoms with Gasteiger partial charge in [0.2, 0.25) is 5.89 Å². The minimum atomic E-state index is 0.535. The standard InChI is InChI=1S/C14H18N4O2/c1-2-4-12(5-3-1)19-11-6-13-16-17-14(20-13)18-9-7-15-8-10-18/h1-5,15H,6-11H2. The van der Waals surface area contributed by atoms with Gasteiger partial charge in [-0.1, -0.05) is 23.3 Å². The number of nitrogens with zero attached hydrogens (tertiary/aromatic N) is 3. The van der Waals surface area contributed by atoms with Crippen LogP contribution >= 0.6 is 0 Å². The van der Waals surface area contributed by atoms with E-state index >= 15 is 0 Å². The van der Waals surface area contributed by atoms with Gasteiger partial charge in [-0.2, -0.15) is 0 Å². The first-order valence-corrected chi connectivity index (χ1v) is 6.88. The molecule has 0 spiro atoms. The largest absolute Gasteiger partial charge is 0.493 e. The summed E-state index contributed by atoms with van der Waals surface area (Å²) in [6, 6.07) is 10.3. The molecule has 6 nitrogen and oxygen atoms in total. The third kappa shape index (κ3) is 3.27. The highest BCUT2D eigenvalue weighted by Crippen LogP contribution is 2.14. The highest BCUT2D eigenvalue weighted by molar-refractivity contribution is 5.25. The van der Waals surface area contributed by atoms with Gasteiger partial charge in [0, 0.05) is 26.2 Å². The van der Waals surface area contributed by atoms with E-state index in [-0.39, 0.29) is 0 Å². The van der Waals surface area contributed by atoms with Crippen LogP contribution in [-0.2, 0) is 6.42 Å². The fraction of sp³-hybridized carbons (Fsp3) is 0.429. The summed E-state index contributed by atoms with van der Waals surface area (Å²) in [6.45, 7) is 4.25. The molecule has 1 aromatic heterocycles. The molecule has 0 amide bonds. The lowest BCUT2D eigenvalue weighted by molar-refractivity contribution is 0.306. The van der Waals surface area contributed by atoms with Gasteiger partial charge < -0.3 is 19.4 Å². The molecule has 0 unspecified atom stereocenters. The van der Waals surface area contributed by atoms with E-state index in [1.165, 1.54) is 0 Å². The molecule has 3 rings (SSSR count). The minimum absolute atomic E-state index is 0.535. The number of nitrogens with one attached hydrogen (secondary N) is 1. The Morgan fingerprint density at radius 1 is 1.15 bits per heavy atom. The summed E-state index contributed by atoms with van der Waals surface area (Å²) < 4.78 is 11.3. The molecule has 0 bridgehead atoms. The molecule has 1 fully saturated rings. The second-order valence-corrected chi connectivity index (χ2v) is 4.63. The molecule has 2 aromatic rings. The SMILES string of the molecule is c1ccc(OCCc2nnc(N3CCNCC3)o2)cc1. The number of ether oxygens (including phenoxy) is 1. The number of hydrogen-bond donors (Lipinski definition) is 1. The zero-order chi connectivity index (χ0) is 13.6. The van der Waals surface area contributed by atoms with Gasteiger partial charge >= 0.3 is 6.01 Å². The van der Waals surface area contributed by atoms with Crippen molar-refractivity contribution >= 4 is 6.01 Å². The lowest BCUT2D eigenvalue weighted by Crippen LogP contribution is -2.43. The predicted molar refractivity (Wildman–Crippen MR) is 75.0 cm³/mol. The van der Waals surface area contributed by atoms with Crippen LogP contribution in [0.25, 0.3) is 0 Å². The van der Waals surface area contributed by atoms with Crippen LogP contribution < -0.4 is 15.0 Å². The fourth-order valence-corrected chi connectivity index (χ4v) is 2.10. The summed E-state index contributed by atoms with van der Waals surface area (Å²) in [5.41, 5.74) is 0. The summed E-state index contributed by atoms with van der Waals surface area (Å²) in [5.74, 6) is 1.48. The molecular weight excluding hydrogens is 256 g/mol. The van der Waals surface area contributed by atoms with Crippen molar-refractivity contribution in [1.82, 2.24) is 15.5 Å². The maximum absolute atomic E-state index is 5.66. The van der Waals surface area contributed by atoms with Crippen LogP contribution in [0.5, 0.6) is 5.75 Å². The van der Waals surface area contributed by atoms with Gasteiger partial charge in [-0.05, 0) is 12.1 Å². The van der Waals surface area contributed by atoms with Crippen LogP contribution in [0.15, 0.2) is 34.7 Å². The van der Waals surface area contributed by atoms with E-state index in [1.807, 2.05) is 30.3 Å². The lowest BCUT2D eigenvalue weighted by atomic mass is 10.3. The molecule has 106 valence electrons. The quantitative estimate of drug-likeness (QED) is 0.881. The minimum Gasteiger partial charge on any atom is -0.493 e. The molecule has 20 heavy (non-hydrogen) atoms. The molecule has 2 heterocycles. The van der Waals surface area contributed by atoms with Crippen molar-refractivity contribution in [1.29, 1.82) is 0 Å². The maximum atomic E-state index is 5.66. The van der Waals surface area contributed by atoms with Crippen molar-refractivity contribution in [3.63, 3.8) is 0 Å². The second kappa shape index (κ2) is 6.38. The van der Waals surface area contributed by atoms with Gasteiger partial charge in [-0.3, -0.25) is 0 Å². The first-order chi connectivity index (χ1) is 9.92. The summed E-state index contributed by atoms with van der Waals surface area (Å²) in [5, 5.41) is 11.4. The van der Waals surface area contributed by atoms with Crippen molar-refractivity contribution in [2.75, 3.05) is 37.7 Å². The van der Waals surface area contributed by atoms with E-state index in [2.05, 4.69) is 20.4 Å². The van der Waals surface area contributed by atoms with Crippen LogP contribution in [-0.4, -0.2) is 43.0 Å². The molecule has 0 saturated carbocycles. The van der Waals surface area contributed by atoms with Gasteiger partial charge in [0.1, 0.15) is 5.75 Å². The third-order valence-corrected chi connectivity index (χ3v) is 3.17. The van der Waals surface area contributed by atoms with Crippen LogP contribution in [0.2, 0.25) is 0 Å². The van der Waals surface area contributed by atoms with Gasteiger partial charge in [0.25, 0.3) is 0 Å². The van der Waals surface area contributed by atoms with E-state index in [4.69, 9.17) is 9.15 Å². The zero-order valence-electron chi connectivity index (χ0n) is 11.3. The van der Waals surface area contributed by atoms with Crippen LogP contribution in [0.4, 0.5) is 6.01 Å². The van der Waals surface area contributed by atoms with E-state index in [1.54, 1.807) is 0 Å². The maximum Gasteiger partial charge on any atom is 0.318 e. The Kier molecular flexibility index (Phi) is 4.13. The Morgan fingerprint density at radius 3 is 2.75 bits per heavy atom. The fourth-order valence-electron chi connectivity index (χ4n) is 2.10. The molecule has 1 aromatic carbocycles. The van der Waals surface area contributed by atoms with Crippen molar-refractivity contribution in [3.8, 4) is 5.75 Å². The highest BCUT2D eigenvalue weighted by atomic mass is 16.5. The Labute approximate surface area is 117 Å². The van der Waals surface area contributed by atoms with Gasteiger partial charge in [0.15, 0.2) is 0 Å². The average molecular weight is 274 g/mol. The monoisotopic (exact) mass is 274 g/mol. The van der Waals surface area contributed by atoms with E-state index in [0.29, 0.717) is 24.9 Å². The topological polar surface area (TPSA) is 63.4 Å². The highest BCUT2D eigenvalue weighted by Gasteiger charge is 2.16. The number of hydrogen-bond acceptors (Lipinski definition) is 6. The Hall–Kier alpha value is -2.08. The van der Waals surface area contributed by atoms with E-state index in [9.17, 15) is 0 Å². The third-order valence-electron chi connectivity index (χ3n) is 3.17. The lowest BCUT2D eigenvalue weighted by Gasteiger charge is -2.24. The first-order valence-electron chi connectivity index (χ1n) is 6.88. The van der Waals surface area contributed by atoms with Gasteiger partial charge in [-0.25, -0.2) is 0 Å².